The van der Waals surface area contributed by atoms with Crippen molar-refractivity contribution in [3.05, 3.63) is 127 Å². The summed E-state index contributed by atoms with van der Waals surface area (Å²) < 4.78 is 29.9. The number of aromatic nitrogens is 2. The van der Waals surface area contributed by atoms with Crippen LogP contribution in [0.25, 0.3) is 44.7 Å². The van der Waals surface area contributed by atoms with Gasteiger partial charge in [0.05, 0.1) is 10.4 Å². The summed E-state index contributed by atoms with van der Waals surface area (Å²) in [5, 5.41) is 1.70. The molecule has 1 aliphatic rings. The smallest absolute Gasteiger partial charge is 0.269 e. The third kappa shape index (κ3) is 5.43. The minimum Gasteiger partial charge on any atom is -0.369 e. The van der Waals surface area contributed by atoms with Crippen LogP contribution in [0.2, 0.25) is 0 Å². The van der Waals surface area contributed by atoms with Gasteiger partial charge in [-0.1, -0.05) is 79.7 Å². The van der Waals surface area contributed by atoms with Gasteiger partial charge in [0.1, 0.15) is 0 Å². The van der Waals surface area contributed by atoms with Crippen LogP contribution in [0.5, 0.6) is 0 Å². The Hall–Kier alpha value is -4.72. The van der Waals surface area contributed by atoms with Gasteiger partial charge >= 0.3 is 0 Å². The maximum Gasteiger partial charge on any atom is 0.269 e. The van der Waals surface area contributed by atoms with Crippen LogP contribution in [-0.2, 0) is 10.0 Å². The average Bonchev–Trinajstić information content (AvgIpc) is 3.43. The maximum absolute atomic E-state index is 14.2. The lowest BCUT2D eigenvalue weighted by Crippen LogP contribution is -2.44. The molecule has 0 atom stereocenters. The number of fused-ring (bicyclic) bond motifs is 3. The van der Waals surface area contributed by atoms with Crippen LogP contribution in [0, 0.1) is 0 Å². The molecule has 6 aromatic rings. The van der Waals surface area contributed by atoms with Gasteiger partial charge in [0.25, 0.3) is 10.0 Å². The van der Waals surface area contributed by atoms with E-state index in [1.807, 2.05) is 42.5 Å². The summed E-state index contributed by atoms with van der Waals surface area (Å²) >= 11 is 0. The van der Waals surface area contributed by atoms with Crippen LogP contribution >= 0.6 is 0 Å². The Morgan fingerprint density at radius 2 is 1.47 bits per heavy atom. The highest BCUT2D eigenvalue weighted by molar-refractivity contribution is 7.90. The molecule has 7 heteroatoms. The lowest BCUT2D eigenvalue weighted by Gasteiger charge is -2.34. The molecule has 0 N–H and O–H groups in total. The summed E-state index contributed by atoms with van der Waals surface area (Å²) in [5.74, 6) is 0. The normalized spacial score (nSPS) is 14.8. The summed E-state index contributed by atoms with van der Waals surface area (Å²) in [6, 6.07) is 35.6. The topological polar surface area (TPSA) is 58.4 Å². The lowest BCUT2D eigenvalue weighted by atomic mass is 9.96. The average molecular weight is 613 g/mol. The zero-order valence-electron chi connectivity index (χ0n) is 25.6. The molecule has 1 aliphatic heterocycles. The van der Waals surface area contributed by atoms with Crippen molar-refractivity contribution < 1.29 is 8.42 Å². The quantitative estimate of drug-likeness (QED) is 0.184. The molecule has 226 valence electrons. The van der Waals surface area contributed by atoms with Gasteiger partial charge in [-0.15, -0.1) is 0 Å². The van der Waals surface area contributed by atoms with Crippen LogP contribution < -0.4 is 4.90 Å². The fourth-order valence-electron chi connectivity index (χ4n) is 6.34. The number of allylic oxidation sites excluding steroid dienone is 1. The zero-order chi connectivity index (χ0) is 31.0. The Balaban J connectivity index is 1.42. The molecule has 0 saturated carbocycles. The van der Waals surface area contributed by atoms with Crippen LogP contribution in [0.4, 0.5) is 5.69 Å². The monoisotopic (exact) mass is 612 g/mol. The van der Waals surface area contributed by atoms with E-state index in [-0.39, 0.29) is 4.90 Å². The van der Waals surface area contributed by atoms with Crippen LogP contribution in [0.15, 0.2) is 120 Å². The predicted molar refractivity (Wildman–Crippen MR) is 186 cm³/mol. The van der Waals surface area contributed by atoms with Crippen molar-refractivity contribution in [2.24, 2.45) is 0 Å². The number of nitrogens with zero attached hydrogens (tertiary/aromatic N) is 4. The molecular formula is C38H36N4O2S. The highest BCUT2D eigenvalue weighted by Crippen LogP contribution is 2.39. The van der Waals surface area contributed by atoms with Gasteiger partial charge in [-0.25, -0.2) is 17.4 Å². The minimum absolute atomic E-state index is 0.232. The van der Waals surface area contributed by atoms with Crippen molar-refractivity contribution in [1.29, 1.82) is 0 Å². The van der Waals surface area contributed by atoms with E-state index in [0.717, 1.165) is 71.2 Å². The number of pyridine rings is 1. The van der Waals surface area contributed by atoms with E-state index in [9.17, 15) is 8.42 Å². The summed E-state index contributed by atoms with van der Waals surface area (Å²) in [6.45, 7) is 6.28. The highest BCUT2D eigenvalue weighted by Gasteiger charge is 2.26. The van der Waals surface area contributed by atoms with Gasteiger partial charge in [-0.05, 0) is 83.8 Å². The van der Waals surface area contributed by atoms with Crippen molar-refractivity contribution in [2.75, 3.05) is 38.1 Å². The van der Waals surface area contributed by atoms with E-state index in [4.69, 9.17) is 4.98 Å². The largest absolute Gasteiger partial charge is 0.369 e. The second kappa shape index (κ2) is 12.0. The Kier molecular flexibility index (Phi) is 7.73. The van der Waals surface area contributed by atoms with E-state index >= 15 is 0 Å². The molecule has 7 rings (SSSR count). The Bertz CT molecular complexity index is 2110. The number of hydrogen-bond acceptors (Lipinski definition) is 5. The molecular weight excluding hydrogens is 577 g/mol. The van der Waals surface area contributed by atoms with Crippen molar-refractivity contribution in [2.45, 2.75) is 18.2 Å². The second-order valence-electron chi connectivity index (χ2n) is 11.6. The molecule has 1 saturated heterocycles. The van der Waals surface area contributed by atoms with Gasteiger partial charge in [-0.2, -0.15) is 0 Å². The van der Waals surface area contributed by atoms with Crippen LogP contribution in [0.1, 0.15) is 24.5 Å². The molecule has 0 unspecified atom stereocenters. The summed E-state index contributed by atoms with van der Waals surface area (Å²) in [7, 11) is -1.76. The van der Waals surface area contributed by atoms with E-state index in [0.29, 0.717) is 11.2 Å². The number of benzene rings is 4. The van der Waals surface area contributed by atoms with Crippen molar-refractivity contribution in [3.8, 4) is 11.1 Å². The zero-order valence-corrected chi connectivity index (χ0v) is 26.4. The van der Waals surface area contributed by atoms with Crippen molar-refractivity contribution in [1.82, 2.24) is 13.9 Å². The fourth-order valence-corrected chi connectivity index (χ4v) is 7.83. The molecule has 4 aromatic carbocycles. The number of hydrogen-bond donors (Lipinski definition) is 0. The second-order valence-corrected chi connectivity index (χ2v) is 13.4. The summed E-state index contributed by atoms with van der Waals surface area (Å²) in [6.07, 6.45) is 4.68. The van der Waals surface area contributed by atoms with Gasteiger partial charge < -0.3 is 9.80 Å². The third-order valence-corrected chi connectivity index (χ3v) is 10.5. The molecule has 3 heterocycles. The van der Waals surface area contributed by atoms with E-state index < -0.39 is 10.0 Å². The number of piperazine rings is 1. The Morgan fingerprint density at radius 3 is 2.16 bits per heavy atom. The van der Waals surface area contributed by atoms with Crippen molar-refractivity contribution in [3.63, 3.8) is 0 Å². The SMILES string of the molecule is CCC(=Cc1ccccc1)c1ccnc2c1c1cc(-c3ccc(N4CCN(C)CC4)cc3)ccc1n2S(=O)(=O)c1ccccc1. The number of likely N-dealkylation sites (N-methyl/N-ethyl adjacent to an activating group) is 1. The first kappa shape index (κ1) is 29.0. The van der Waals surface area contributed by atoms with Gasteiger partial charge in [0.15, 0.2) is 5.65 Å². The Labute approximate surface area is 264 Å². The standard InChI is InChI=1S/C38H36N4O2S/c1-3-29(26-28-10-6-4-7-11-28)34-20-21-39-38-37(34)35-27-31(30-14-17-32(18-15-30)41-24-22-40(2)23-25-41)16-19-36(35)42(38)45(43,44)33-12-8-5-9-13-33/h4-21,26-27H,3,22-25H2,1-2H3. The first-order valence-corrected chi connectivity index (χ1v) is 16.9. The molecule has 2 aromatic heterocycles. The minimum atomic E-state index is -3.93. The molecule has 1 fully saturated rings. The van der Waals surface area contributed by atoms with Gasteiger partial charge in [0, 0.05) is 48.8 Å². The number of rotatable bonds is 7. The van der Waals surface area contributed by atoms with Crippen LogP contribution in [-0.4, -0.2) is 55.5 Å². The fraction of sp³-hybridized carbons (Fsp3) is 0.184. The van der Waals surface area contributed by atoms with E-state index in [1.54, 1.807) is 30.5 Å². The molecule has 6 nitrogen and oxygen atoms in total. The third-order valence-electron chi connectivity index (χ3n) is 8.83. The van der Waals surface area contributed by atoms with Gasteiger partial charge in [-0.3, -0.25) is 0 Å². The predicted octanol–water partition coefficient (Wildman–Crippen LogP) is 7.80. The first-order chi connectivity index (χ1) is 21.9. The molecule has 0 spiro atoms. The van der Waals surface area contributed by atoms with E-state index in [1.165, 1.54) is 9.66 Å². The number of anilines is 1. The van der Waals surface area contributed by atoms with Crippen LogP contribution in [0.3, 0.4) is 0 Å². The van der Waals surface area contributed by atoms with Crippen molar-refractivity contribution >= 4 is 49.3 Å². The highest BCUT2D eigenvalue weighted by atomic mass is 32.2. The summed E-state index contributed by atoms with van der Waals surface area (Å²) in [4.78, 5) is 9.73. The molecule has 0 amide bonds. The molecule has 0 aliphatic carbocycles. The Morgan fingerprint density at radius 1 is 0.800 bits per heavy atom. The summed E-state index contributed by atoms with van der Waals surface area (Å²) in [5.41, 5.74) is 7.59. The van der Waals surface area contributed by atoms with E-state index in [2.05, 4.69) is 72.3 Å². The molecule has 0 radical (unpaired) electrons. The maximum atomic E-state index is 14.2. The first-order valence-electron chi connectivity index (χ1n) is 15.5. The molecule has 0 bridgehead atoms. The van der Waals surface area contributed by atoms with Gasteiger partial charge in [0.2, 0.25) is 0 Å². The molecule has 45 heavy (non-hydrogen) atoms. The lowest BCUT2D eigenvalue weighted by molar-refractivity contribution is 0.313.